The first-order valence-electron chi connectivity index (χ1n) is 5.75. The predicted molar refractivity (Wildman–Crippen MR) is 63.9 cm³/mol. The Morgan fingerprint density at radius 2 is 2.25 bits per heavy atom. The van der Waals surface area contributed by atoms with Gasteiger partial charge in [0, 0.05) is 19.0 Å². The van der Waals surface area contributed by atoms with Gasteiger partial charge in [-0.1, -0.05) is 29.8 Å². The molecular formula is C13H18N2O. The van der Waals surface area contributed by atoms with Crippen LogP contribution in [0.1, 0.15) is 30.5 Å². The maximum atomic E-state index is 11.7. The number of likely N-dealkylation sites (tertiary alicyclic amines) is 1. The normalized spacial score (nSPS) is 25.2. The second-order valence-corrected chi connectivity index (χ2v) is 4.41. The van der Waals surface area contributed by atoms with E-state index < -0.39 is 0 Å². The van der Waals surface area contributed by atoms with Gasteiger partial charge in [-0.3, -0.25) is 4.79 Å². The van der Waals surface area contributed by atoms with Crippen molar-refractivity contribution in [3.05, 3.63) is 35.4 Å². The minimum atomic E-state index is -0.0748. The molecule has 1 aliphatic heterocycles. The minimum Gasteiger partial charge on any atom is -0.334 e. The van der Waals surface area contributed by atoms with E-state index in [1.165, 1.54) is 5.56 Å². The summed E-state index contributed by atoms with van der Waals surface area (Å²) in [7, 11) is 0. The smallest absolute Gasteiger partial charge is 0.224 e. The molecule has 0 radical (unpaired) electrons. The molecule has 0 unspecified atom stereocenters. The Bertz CT molecular complexity index is 403. The molecule has 1 aliphatic rings. The van der Waals surface area contributed by atoms with Crippen molar-refractivity contribution in [2.24, 2.45) is 5.73 Å². The summed E-state index contributed by atoms with van der Waals surface area (Å²) < 4.78 is 0. The maximum absolute atomic E-state index is 11.7. The Labute approximate surface area is 96.2 Å². The van der Waals surface area contributed by atoms with E-state index in [0.717, 1.165) is 12.1 Å². The van der Waals surface area contributed by atoms with E-state index in [0.29, 0.717) is 6.42 Å². The van der Waals surface area contributed by atoms with Gasteiger partial charge < -0.3 is 10.6 Å². The first-order chi connectivity index (χ1) is 7.63. The molecule has 2 N–H and O–H groups in total. The van der Waals surface area contributed by atoms with Gasteiger partial charge in [0.15, 0.2) is 0 Å². The molecule has 1 amide bonds. The molecule has 1 fully saturated rings. The van der Waals surface area contributed by atoms with E-state index in [9.17, 15) is 4.79 Å². The minimum absolute atomic E-state index is 0.0531. The van der Waals surface area contributed by atoms with E-state index in [1.807, 2.05) is 17.9 Å². The number of amides is 1. The molecule has 1 aromatic carbocycles. The van der Waals surface area contributed by atoms with E-state index in [-0.39, 0.29) is 18.0 Å². The van der Waals surface area contributed by atoms with Crippen molar-refractivity contribution >= 4 is 5.91 Å². The van der Waals surface area contributed by atoms with Crippen molar-refractivity contribution in [1.82, 2.24) is 4.90 Å². The first-order valence-corrected chi connectivity index (χ1v) is 5.75. The molecule has 16 heavy (non-hydrogen) atoms. The molecule has 0 bridgehead atoms. The number of hydrogen-bond acceptors (Lipinski definition) is 2. The first kappa shape index (κ1) is 11.1. The molecule has 1 heterocycles. The lowest BCUT2D eigenvalue weighted by molar-refractivity contribution is -0.128. The summed E-state index contributed by atoms with van der Waals surface area (Å²) in [6, 6.07) is 8.23. The fourth-order valence-corrected chi connectivity index (χ4v) is 2.47. The Morgan fingerprint density at radius 3 is 2.88 bits per heavy atom. The van der Waals surface area contributed by atoms with Crippen molar-refractivity contribution in [1.29, 1.82) is 0 Å². The number of likely N-dealkylation sites (N-methyl/N-ethyl adjacent to an activating group) is 1. The number of benzene rings is 1. The van der Waals surface area contributed by atoms with Gasteiger partial charge in [0.25, 0.3) is 0 Å². The van der Waals surface area contributed by atoms with Crippen LogP contribution in [0.2, 0.25) is 0 Å². The molecule has 0 aliphatic carbocycles. The quantitative estimate of drug-likeness (QED) is 0.819. The maximum Gasteiger partial charge on any atom is 0.224 e. The van der Waals surface area contributed by atoms with E-state index in [4.69, 9.17) is 5.73 Å². The second-order valence-electron chi connectivity index (χ2n) is 4.41. The summed E-state index contributed by atoms with van der Waals surface area (Å²) in [6.45, 7) is 4.78. The fourth-order valence-electron chi connectivity index (χ4n) is 2.47. The molecule has 1 aromatic rings. The largest absolute Gasteiger partial charge is 0.334 e. The SMILES string of the molecule is CCN1C(=O)C[C@H](N)[C@H]1c1cccc(C)c1. The van der Waals surface area contributed by atoms with Gasteiger partial charge in [-0.25, -0.2) is 0 Å². The number of carbonyl (C=O) groups is 1. The fraction of sp³-hybridized carbons (Fsp3) is 0.462. The van der Waals surface area contributed by atoms with Gasteiger partial charge in [0.05, 0.1) is 6.04 Å². The van der Waals surface area contributed by atoms with Crippen LogP contribution in [-0.4, -0.2) is 23.4 Å². The molecular weight excluding hydrogens is 200 g/mol. The third-order valence-electron chi connectivity index (χ3n) is 3.20. The van der Waals surface area contributed by atoms with E-state index in [2.05, 4.69) is 25.1 Å². The molecule has 0 aromatic heterocycles. The van der Waals surface area contributed by atoms with Crippen molar-refractivity contribution in [3.8, 4) is 0 Å². The second kappa shape index (κ2) is 4.26. The molecule has 3 nitrogen and oxygen atoms in total. The van der Waals surface area contributed by atoms with Crippen molar-refractivity contribution < 1.29 is 4.79 Å². The van der Waals surface area contributed by atoms with E-state index in [1.54, 1.807) is 0 Å². The summed E-state index contributed by atoms with van der Waals surface area (Å²) in [4.78, 5) is 13.6. The molecule has 3 heteroatoms. The molecule has 2 atom stereocenters. The highest BCUT2D eigenvalue weighted by molar-refractivity contribution is 5.80. The summed E-state index contributed by atoms with van der Waals surface area (Å²) in [5.74, 6) is 0.168. The van der Waals surface area contributed by atoms with Crippen LogP contribution in [-0.2, 0) is 4.79 Å². The highest BCUT2D eigenvalue weighted by atomic mass is 16.2. The van der Waals surface area contributed by atoms with Crippen LogP contribution in [0.5, 0.6) is 0 Å². The third-order valence-corrected chi connectivity index (χ3v) is 3.20. The van der Waals surface area contributed by atoms with Crippen LogP contribution in [0, 0.1) is 6.92 Å². The summed E-state index contributed by atoms with van der Waals surface area (Å²) in [5, 5.41) is 0. The van der Waals surface area contributed by atoms with Gasteiger partial charge in [0.1, 0.15) is 0 Å². The summed E-state index contributed by atoms with van der Waals surface area (Å²) in [5.41, 5.74) is 8.42. The Kier molecular flexibility index (Phi) is 2.97. The van der Waals surface area contributed by atoms with Crippen LogP contribution in [0.3, 0.4) is 0 Å². The molecule has 2 rings (SSSR count). The highest BCUT2D eigenvalue weighted by Crippen LogP contribution is 2.31. The van der Waals surface area contributed by atoms with Gasteiger partial charge in [-0.15, -0.1) is 0 Å². The van der Waals surface area contributed by atoms with Crippen LogP contribution in [0.4, 0.5) is 0 Å². The number of aryl methyl sites for hydroxylation is 1. The van der Waals surface area contributed by atoms with E-state index >= 15 is 0 Å². The van der Waals surface area contributed by atoms with Crippen LogP contribution >= 0.6 is 0 Å². The lowest BCUT2D eigenvalue weighted by Crippen LogP contribution is -2.32. The van der Waals surface area contributed by atoms with Crippen molar-refractivity contribution in [2.75, 3.05) is 6.54 Å². The number of nitrogens with zero attached hydrogens (tertiary/aromatic N) is 1. The monoisotopic (exact) mass is 218 g/mol. The van der Waals surface area contributed by atoms with Crippen LogP contribution in [0.15, 0.2) is 24.3 Å². The zero-order valence-electron chi connectivity index (χ0n) is 9.81. The number of hydrogen-bond donors (Lipinski definition) is 1. The number of nitrogens with two attached hydrogens (primary N) is 1. The average molecular weight is 218 g/mol. The Hall–Kier alpha value is -1.35. The zero-order chi connectivity index (χ0) is 11.7. The van der Waals surface area contributed by atoms with Crippen LogP contribution < -0.4 is 5.73 Å². The molecule has 0 saturated carbocycles. The number of rotatable bonds is 2. The zero-order valence-corrected chi connectivity index (χ0v) is 9.81. The third kappa shape index (κ3) is 1.83. The van der Waals surface area contributed by atoms with Gasteiger partial charge >= 0.3 is 0 Å². The Morgan fingerprint density at radius 1 is 1.50 bits per heavy atom. The summed E-state index contributed by atoms with van der Waals surface area (Å²) in [6.07, 6.45) is 0.465. The van der Waals surface area contributed by atoms with Gasteiger partial charge in [-0.05, 0) is 19.4 Å². The summed E-state index contributed by atoms with van der Waals surface area (Å²) >= 11 is 0. The standard InChI is InChI=1S/C13H18N2O/c1-3-15-12(16)8-11(14)13(15)10-6-4-5-9(2)7-10/h4-7,11,13H,3,8,14H2,1-2H3/t11-,13+/m0/s1. The topological polar surface area (TPSA) is 46.3 Å². The highest BCUT2D eigenvalue weighted by Gasteiger charge is 2.37. The van der Waals surface area contributed by atoms with Crippen molar-refractivity contribution in [3.63, 3.8) is 0 Å². The predicted octanol–water partition coefficient (Wildman–Crippen LogP) is 1.62. The van der Waals surface area contributed by atoms with Gasteiger partial charge in [0.2, 0.25) is 5.91 Å². The molecule has 86 valence electrons. The van der Waals surface area contributed by atoms with Crippen LogP contribution in [0.25, 0.3) is 0 Å². The van der Waals surface area contributed by atoms with Gasteiger partial charge in [-0.2, -0.15) is 0 Å². The molecule has 0 spiro atoms. The number of carbonyl (C=O) groups excluding carboxylic acids is 1. The lowest BCUT2D eigenvalue weighted by Gasteiger charge is -2.26. The van der Waals surface area contributed by atoms with Crippen molar-refractivity contribution in [2.45, 2.75) is 32.4 Å². The Balaban J connectivity index is 2.35. The molecule has 1 saturated heterocycles. The lowest BCUT2D eigenvalue weighted by atomic mass is 9.99. The average Bonchev–Trinajstić information content (AvgIpc) is 2.52.